The number of amides is 1. The minimum atomic E-state index is -0.338. The molecule has 2 N–H and O–H groups in total. The zero-order chi connectivity index (χ0) is 19.8. The van der Waals surface area contributed by atoms with Gasteiger partial charge in [-0.15, -0.1) is 0 Å². The molecule has 2 saturated carbocycles. The average Bonchev–Trinajstić information content (AvgIpc) is 3.11. The van der Waals surface area contributed by atoms with Crippen LogP contribution in [0.4, 0.5) is 0 Å². The Morgan fingerprint density at radius 1 is 1.25 bits per heavy atom. The summed E-state index contributed by atoms with van der Waals surface area (Å²) in [5.41, 5.74) is 7.62. The number of benzene rings is 1. The van der Waals surface area contributed by atoms with Gasteiger partial charge < -0.3 is 10.6 Å². The SMILES string of the molecule is CCC1(c2cccc(C(N)=O)c2)C2CN(CCCC3(C#N)CCCCC3)CC21. The maximum atomic E-state index is 11.6. The molecule has 4 nitrogen and oxygen atoms in total. The molecule has 0 spiro atoms. The zero-order valence-electron chi connectivity index (χ0n) is 17.1. The van der Waals surface area contributed by atoms with Crippen molar-refractivity contribution in [3.05, 3.63) is 35.4 Å². The Morgan fingerprint density at radius 2 is 1.96 bits per heavy atom. The van der Waals surface area contributed by atoms with E-state index in [2.05, 4.69) is 24.0 Å². The van der Waals surface area contributed by atoms with Gasteiger partial charge in [0.05, 0.1) is 11.5 Å². The van der Waals surface area contributed by atoms with Crippen LogP contribution in [0.15, 0.2) is 24.3 Å². The first-order chi connectivity index (χ1) is 13.5. The predicted molar refractivity (Wildman–Crippen MR) is 111 cm³/mol. The smallest absolute Gasteiger partial charge is 0.248 e. The lowest BCUT2D eigenvalue weighted by atomic mass is 9.72. The van der Waals surface area contributed by atoms with E-state index in [1.807, 2.05) is 18.2 Å². The standard InChI is InChI=1S/C24H33N3O/c1-2-24(19-9-6-8-18(14-19)22(26)28)20-15-27(16-21(20)24)13-7-12-23(17-25)10-4-3-5-11-23/h6,8-9,14,20-21H,2-5,7,10-13,15-16H2,1H3,(H2,26,28). The van der Waals surface area contributed by atoms with E-state index in [1.54, 1.807) is 0 Å². The molecule has 28 heavy (non-hydrogen) atoms. The van der Waals surface area contributed by atoms with Crippen LogP contribution in [-0.2, 0) is 5.41 Å². The number of rotatable bonds is 7. The van der Waals surface area contributed by atoms with Gasteiger partial charge in [0.1, 0.15) is 0 Å². The van der Waals surface area contributed by atoms with E-state index in [1.165, 1.54) is 24.8 Å². The molecule has 1 amide bonds. The Morgan fingerprint density at radius 3 is 2.57 bits per heavy atom. The highest BCUT2D eigenvalue weighted by Crippen LogP contribution is 2.65. The first-order valence-electron chi connectivity index (χ1n) is 11.1. The van der Waals surface area contributed by atoms with Gasteiger partial charge in [0.2, 0.25) is 5.91 Å². The van der Waals surface area contributed by atoms with Crippen molar-refractivity contribution < 1.29 is 4.79 Å². The fourth-order valence-electron chi connectivity index (χ4n) is 6.40. The molecule has 2 unspecified atom stereocenters. The first kappa shape index (κ1) is 19.5. The first-order valence-corrected chi connectivity index (χ1v) is 11.1. The Bertz CT molecular complexity index is 762. The van der Waals surface area contributed by atoms with Crippen molar-refractivity contribution in [2.75, 3.05) is 19.6 Å². The number of carbonyl (C=O) groups excluding carboxylic acids is 1. The largest absolute Gasteiger partial charge is 0.366 e. The third-order valence-corrected chi connectivity index (χ3v) is 8.06. The summed E-state index contributed by atoms with van der Waals surface area (Å²) >= 11 is 0. The van der Waals surface area contributed by atoms with Gasteiger partial charge in [0.25, 0.3) is 0 Å². The Labute approximate surface area is 169 Å². The molecule has 2 aliphatic carbocycles. The van der Waals surface area contributed by atoms with Crippen LogP contribution in [-0.4, -0.2) is 30.4 Å². The minimum Gasteiger partial charge on any atom is -0.366 e. The predicted octanol–water partition coefficient (Wildman–Crippen LogP) is 4.25. The molecule has 1 aromatic carbocycles. The second-order valence-corrected chi connectivity index (χ2v) is 9.37. The quantitative estimate of drug-likeness (QED) is 0.770. The summed E-state index contributed by atoms with van der Waals surface area (Å²) in [4.78, 5) is 14.2. The molecule has 1 heterocycles. The molecule has 0 bridgehead atoms. The molecule has 4 heteroatoms. The van der Waals surface area contributed by atoms with Gasteiger partial charge in [-0.05, 0) is 68.2 Å². The van der Waals surface area contributed by atoms with Crippen molar-refractivity contribution in [3.8, 4) is 6.07 Å². The maximum Gasteiger partial charge on any atom is 0.248 e. The number of hydrogen-bond acceptors (Lipinski definition) is 3. The molecule has 1 saturated heterocycles. The summed E-state index contributed by atoms with van der Waals surface area (Å²) in [7, 11) is 0. The van der Waals surface area contributed by atoms with Gasteiger partial charge >= 0.3 is 0 Å². The monoisotopic (exact) mass is 379 g/mol. The summed E-state index contributed by atoms with van der Waals surface area (Å²) < 4.78 is 0. The topological polar surface area (TPSA) is 70.1 Å². The Kier molecular flexibility index (Phi) is 5.22. The van der Waals surface area contributed by atoms with E-state index >= 15 is 0 Å². The van der Waals surface area contributed by atoms with Crippen LogP contribution in [0.1, 0.15) is 74.2 Å². The fourth-order valence-corrected chi connectivity index (χ4v) is 6.40. The normalized spacial score (nSPS) is 31.1. The highest BCUT2D eigenvalue weighted by atomic mass is 16.1. The van der Waals surface area contributed by atoms with Crippen LogP contribution in [0.2, 0.25) is 0 Å². The van der Waals surface area contributed by atoms with Crippen molar-refractivity contribution in [2.24, 2.45) is 23.0 Å². The molecular weight excluding hydrogens is 346 g/mol. The van der Waals surface area contributed by atoms with Gasteiger partial charge in [-0.2, -0.15) is 5.26 Å². The van der Waals surface area contributed by atoms with Gasteiger partial charge in [-0.3, -0.25) is 4.79 Å². The number of fused-ring (bicyclic) bond motifs is 1. The number of piperidine rings is 1. The molecule has 0 aromatic heterocycles. The zero-order valence-corrected chi connectivity index (χ0v) is 17.1. The summed E-state index contributed by atoms with van der Waals surface area (Å²) in [6.07, 6.45) is 9.28. The Balaban J connectivity index is 1.33. The van der Waals surface area contributed by atoms with Crippen LogP contribution in [0.5, 0.6) is 0 Å². The van der Waals surface area contributed by atoms with E-state index in [9.17, 15) is 10.1 Å². The lowest BCUT2D eigenvalue weighted by Crippen LogP contribution is -2.32. The van der Waals surface area contributed by atoms with Gasteiger partial charge in [-0.1, -0.05) is 38.3 Å². The van der Waals surface area contributed by atoms with Crippen molar-refractivity contribution in [2.45, 2.75) is 63.7 Å². The van der Waals surface area contributed by atoms with E-state index in [0.29, 0.717) is 17.4 Å². The molecule has 3 fully saturated rings. The summed E-state index contributed by atoms with van der Waals surface area (Å²) in [6, 6.07) is 10.7. The van der Waals surface area contributed by atoms with Crippen LogP contribution in [0.25, 0.3) is 0 Å². The fraction of sp³-hybridized carbons (Fsp3) is 0.667. The second kappa shape index (κ2) is 7.52. The van der Waals surface area contributed by atoms with E-state index in [-0.39, 0.29) is 16.7 Å². The molecule has 4 rings (SSSR count). The highest BCUT2D eigenvalue weighted by Gasteiger charge is 2.67. The highest BCUT2D eigenvalue weighted by molar-refractivity contribution is 5.93. The third kappa shape index (κ3) is 3.24. The molecule has 150 valence electrons. The van der Waals surface area contributed by atoms with Crippen LogP contribution in [0.3, 0.4) is 0 Å². The van der Waals surface area contributed by atoms with Crippen molar-refractivity contribution in [1.82, 2.24) is 4.90 Å². The lowest BCUT2D eigenvalue weighted by molar-refractivity contribution is 0.1000. The van der Waals surface area contributed by atoms with Crippen molar-refractivity contribution in [1.29, 1.82) is 5.26 Å². The molecule has 3 aliphatic rings. The summed E-state index contributed by atoms with van der Waals surface area (Å²) in [5, 5.41) is 9.67. The van der Waals surface area contributed by atoms with Gasteiger partial charge in [-0.25, -0.2) is 0 Å². The van der Waals surface area contributed by atoms with E-state index in [0.717, 1.165) is 51.7 Å². The summed E-state index contributed by atoms with van der Waals surface area (Å²) in [5.74, 6) is 1.05. The van der Waals surface area contributed by atoms with E-state index < -0.39 is 0 Å². The maximum absolute atomic E-state index is 11.6. The number of primary amides is 1. The number of hydrogen-bond donors (Lipinski definition) is 1. The summed E-state index contributed by atoms with van der Waals surface area (Å²) in [6.45, 7) is 5.70. The molecule has 2 atom stereocenters. The molecule has 1 aliphatic heterocycles. The average molecular weight is 380 g/mol. The van der Waals surface area contributed by atoms with Crippen molar-refractivity contribution in [3.63, 3.8) is 0 Å². The van der Waals surface area contributed by atoms with Crippen LogP contribution < -0.4 is 5.73 Å². The van der Waals surface area contributed by atoms with Crippen LogP contribution in [0, 0.1) is 28.6 Å². The number of likely N-dealkylation sites (tertiary alicyclic amines) is 1. The lowest BCUT2D eigenvalue weighted by Gasteiger charge is -2.32. The molecule has 0 radical (unpaired) electrons. The number of carbonyl (C=O) groups is 1. The van der Waals surface area contributed by atoms with Crippen LogP contribution >= 0.6 is 0 Å². The third-order valence-electron chi connectivity index (χ3n) is 8.06. The van der Waals surface area contributed by atoms with Crippen molar-refractivity contribution >= 4 is 5.91 Å². The number of nitriles is 1. The molecule has 1 aromatic rings. The van der Waals surface area contributed by atoms with Gasteiger partial charge in [0.15, 0.2) is 0 Å². The minimum absolute atomic E-state index is 0.0384. The number of nitrogens with zero attached hydrogens (tertiary/aromatic N) is 2. The Hall–Kier alpha value is -1.86. The second-order valence-electron chi connectivity index (χ2n) is 9.37. The van der Waals surface area contributed by atoms with E-state index in [4.69, 9.17) is 5.73 Å². The number of nitrogens with two attached hydrogens (primary N) is 1. The molecular formula is C24H33N3O. The van der Waals surface area contributed by atoms with Gasteiger partial charge in [0, 0.05) is 24.1 Å².